The number of nitrogens with one attached hydrogen (secondary N) is 2. The largest absolute Gasteiger partial charge is 0.368 e. The third-order valence-corrected chi connectivity index (χ3v) is 5.08. The van der Waals surface area contributed by atoms with E-state index in [0.717, 1.165) is 39.4 Å². The third-order valence-electron chi connectivity index (χ3n) is 5.08. The number of carbonyl (C=O) groups is 1. The van der Waals surface area contributed by atoms with Gasteiger partial charge in [0.15, 0.2) is 5.65 Å². The molecule has 31 heavy (non-hydrogen) atoms. The Labute approximate surface area is 181 Å². The molecule has 0 aliphatic rings. The predicted octanol–water partition coefficient (Wildman–Crippen LogP) is 3.89. The lowest BCUT2D eigenvalue weighted by Gasteiger charge is -2.10. The Morgan fingerprint density at radius 3 is 2.45 bits per heavy atom. The maximum atomic E-state index is 12.3. The molecular formula is C24H26N6O. The minimum Gasteiger partial charge on any atom is -0.368 e. The van der Waals surface area contributed by atoms with E-state index in [9.17, 15) is 4.79 Å². The van der Waals surface area contributed by atoms with Crippen LogP contribution in [0.15, 0.2) is 48.5 Å². The molecule has 0 saturated heterocycles. The van der Waals surface area contributed by atoms with Crippen LogP contribution < -0.4 is 10.6 Å². The van der Waals surface area contributed by atoms with Gasteiger partial charge in [0.2, 0.25) is 0 Å². The second-order valence-electron chi connectivity index (χ2n) is 7.70. The van der Waals surface area contributed by atoms with Crippen LogP contribution in [0.5, 0.6) is 0 Å². The molecule has 158 valence electrons. The molecule has 4 aromatic rings. The summed E-state index contributed by atoms with van der Waals surface area (Å²) in [6.45, 7) is 8.89. The van der Waals surface area contributed by atoms with Crippen molar-refractivity contribution in [2.24, 2.45) is 0 Å². The topological polar surface area (TPSA) is 84.7 Å². The Morgan fingerprint density at radius 2 is 1.71 bits per heavy atom. The molecule has 0 bridgehead atoms. The minimum absolute atomic E-state index is 0.0886. The van der Waals surface area contributed by atoms with E-state index in [0.29, 0.717) is 24.5 Å². The molecule has 0 unspecified atom stereocenters. The highest BCUT2D eigenvalue weighted by Gasteiger charge is 2.16. The molecule has 2 aromatic carbocycles. The SMILES string of the molecule is Cc1ccc(C(=O)NCCNc2nc(C)nc3c2c(C)nn3-c2cccc(C)c2)cc1. The number of fused-ring (bicyclic) bond motifs is 1. The van der Waals surface area contributed by atoms with Gasteiger partial charge in [-0.15, -0.1) is 0 Å². The lowest BCUT2D eigenvalue weighted by molar-refractivity contribution is 0.0955. The fraction of sp³-hybridized carbons (Fsp3) is 0.250. The first-order valence-corrected chi connectivity index (χ1v) is 10.3. The standard InChI is InChI=1S/C24H26N6O/c1-15-8-10-19(11-9-15)24(31)26-13-12-25-22-21-17(3)29-30(23(21)28-18(4)27-22)20-7-5-6-16(2)14-20/h5-11,14H,12-13H2,1-4H3,(H,26,31)(H,25,27,28). The van der Waals surface area contributed by atoms with Crippen LogP contribution in [0.4, 0.5) is 5.82 Å². The zero-order valence-corrected chi connectivity index (χ0v) is 18.2. The van der Waals surface area contributed by atoms with Crippen molar-refractivity contribution in [1.82, 2.24) is 25.1 Å². The molecule has 0 saturated carbocycles. The van der Waals surface area contributed by atoms with Gasteiger partial charge in [0, 0.05) is 18.7 Å². The predicted molar refractivity (Wildman–Crippen MR) is 123 cm³/mol. The van der Waals surface area contributed by atoms with Crippen LogP contribution >= 0.6 is 0 Å². The van der Waals surface area contributed by atoms with Crippen molar-refractivity contribution in [1.29, 1.82) is 0 Å². The summed E-state index contributed by atoms with van der Waals surface area (Å²) in [4.78, 5) is 21.5. The molecule has 0 aliphatic carbocycles. The van der Waals surface area contributed by atoms with Crippen LogP contribution in [0.1, 0.15) is 33.0 Å². The van der Waals surface area contributed by atoms with Crippen LogP contribution in [-0.2, 0) is 0 Å². The molecule has 1 amide bonds. The average molecular weight is 415 g/mol. The Morgan fingerprint density at radius 1 is 0.935 bits per heavy atom. The number of carbonyl (C=O) groups excluding carboxylic acids is 1. The summed E-state index contributed by atoms with van der Waals surface area (Å²) < 4.78 is 1.86. The maximum absolute atomic E-state index is 12.3. The fourth-order valence-electron chi connectivity index (χ4n) is 3.52. The van der Waals surface area contributed by atoms with Gasteiger partial charge in [-0.2, -0.15) is 5.10 Å². The van der Waals surface area contributed by atoms with Crippen molar-refractivity contribution in [3.05, 3.63) is 76.7 Å². The summed E-state index contributed by atoms with van der Waals surface area (Å²) in [6, 6.07) is 15.7. The molecule has 7 nitrogen and oxygen atoms in total. The summed E-state index contributed by atoms with van der Waals surface area (Å²) in [5, 5.41) is 11.9. The van der Waals surface area contributed by atoms with E-state index in [4.69, 9.17) is 5.10 Å². The van der Waals surface area contributed by atoms with Crippen molar-refractivity contribution in [2.75, 3.05) is 18.4 Å². The zero-order chi connectivity index (χ0) is 22.0. The van der Waals surface area contributed by atoms with Crippen molar-refractivity contribution in [2.45, 2.75) is 27.7 Å². The first kappa shape index (κ1) is 20.5. The van der Waals surface area contributed by atoms with Crippen LogP contribution in [0.3, 0.4) is 0 Å². The van der Waals surface area contributed by atoms with Gasteiger partial charge in [-0.05, 0) is 57.5 Å². The van der Waals surface area contributed by atoms with Gasteiger partial charge in [-0.1, -0.05) is 29.8 Å². The highest BCUT2D eigenvalue weighted by Crippen LogP contribution is 2.26. The summed E-state index contributed by atoms with van der Waals surface area (Å²) in [6.07, 6.45) is 0. The van der Waals surface area contributed by atoms with Crippen LogP contribution in [-0.4, -0.2) is 38.7 Å². The lowest BCUT2D eigenvalue weighted by atomic mass is 10.1. The normalized spacial score (nSPS) is 11.0. The molecule has 7 heteroatoms. The second-order valence-corrected chi connectivity index (χ2v) is 7.70. The first-order valence-electron chi connectivity index (χ1n) is 10.3. The monoisotopic (exact) mass is 414 g/mol. The molecule has 2 aromatic heterocycles. The van der Waals surface area contributed by atoms with E-state index in [-0.39, 0.29) is 5.91 Å². The zero-order valence-electron chi connectivity index (χ0n) is 18.2. The van der Waals surface area contributed by atoms with E-state index in [2.05, 4.69) is 39.7 Å². The molecule has 0 radical (unpaired) electrons. The van der Waals surface area contributed by atoms with Crippen molar-refractivity contribution < 1.29 is 4.79 Å². The summed E-state index contributed by atoms with van der Waals surface area (Å²) in [5.74, 6) is 1.30. The summed E-state index contributed by atoms with van der Waals surface area (Å²) in [5.41, 5.74) is 5.52. The molecule has 0 spiro atoms. The highest BCUT2D eigenvalue weighted by atomic mass is 16.1. The number of anilines is 1. The Bertz CT molecular complexity index is 1240. The number of amides is 1. The van der Waals surface area contributed by atoms with E-state index in [1.165, 1.54) is 0 Å². The Hall–Kier alpha value is -3.74. The number of aryl methyl sites for hydroxylation is 4. The fourth-order valence-corrected chi connectivity index (χ4v) is 3.52. The maximum Gasteiger partial charge on any atom is 0.251 e. The van der Waals surface area contributed by atoms with E-state index in [1.807, 2.05) is 61.9 Å². The number of hydrogen-bond acceptors (Lipinski definition) is 5. The number of nitrogens with zero attached hydrogens (tertiary/aromatic N) is 4. The van der Waals surface area contributed by atoms with Gasteiger partial charge < -0.3 is 10.6 Å². The molecule has 2 N–H and O–H groups in total. The molecular weight excluding hydrogens is 388 g/mol. The summed E-state index contributed by atoms with van der Waals surface area (Å²) in [7, 11) is 0. The molecule has 4 rings (SSSR count). The number of rotatable bonds is 6. The van der Waals surface area contributed by atoms with E-state index in [1.54, 1.807) is 0 Å². The Balaban J connectivity index is 1.51. The van der Waals surface area contributed by atoms with Crippen LogP contribution in [0, 0.1) is 27.7 Å². The number of hydrogen-bond donors (Lipinski definition) is 2. The number of benzene rings is 2. The highest BCUT2D eigenvalue weighted by molar-refractivity contribution is 5.94. The van der Waals surface area contributed by atoms with Gasteiger partial charge in [-0.25, -0.2) is 14.6 Å². The minimum atomic E-state index is -0.0886. The summed E-state index contributed by atoms with van der Waals surface area (Å²) >= 11 is 0. The molecule has 0 fully saturated rings. The van der Waals surface area contributed by atoms with Crippen molar-refractivity contribution in [3.8, 4) is 5.69 Å². The smallest absolute Gasteiger partial charge is 0.251 e. The first-order chi connectivity index (χ1) is 14.9. The lowest BCUT2D eigenvalue weighted by Crippen LogP contribution is -2.29. The third kappa shape index (κ3) is 4.40. The van der Waals surface area contributed by atoms with E-state index < -0.39 is 0 Å². The molecule has 0 aliphatic heterocycles. The van der Waals surface area contributed by atoms with Gasteiger partial charge in [0.1, 0.15) is 11.6 Å². The van der Waals surface area contributed by atoms with Gasteiger partial charge in [0.05, 0.1) is 16.8 Å². The second kappa shape index (κ2) is 8.55. The van der Waals surface area contributed by atoms with E-state index >= 15 is 0 Å². The van der Waals surface area contributed by atoms with Gasteiger partial charge in [-0.3, -0.25) is 4.79 Å². The van der Waals surface area contributed by atoms with Crippen LogP contribution in [0.25, 0.3) is 16.7 Å². The van der Waals surface area contributed by atoms with Gasteiger partial charge >= 0.3 is 0 Å². The number of aromatic nitrogens is 4. The quantitative estimate of drug-likeness (QED) is 0.468. The average Bonchev–Trinajstić information content (AvgIpc) is 3.07. The molecule has 0 atom stereocenters. The Kier molecular flexibility index (Phi) is 5.66. The van der Waals surface area contributed by atoms with Crippen molar-refractivity contribution >= 4 is 22.8 Å². The van der Waals surface area contributed by atoms with Crippen molar-refractivity contribution in [3.63, 3.8) is 0 Å². The van der Waals surface area contributed by atoms with Gasteiger partial charge in [0.25, 0.3) is 5.91 Å². The van der Waals surface area contributed by atoms with Crippen LogP contribution in [0.2, 0.25) is 0 Å². The molecule has 2 heterocycles.